The van der Waals surface area contributed by atoms with E-state index in [2.05, 4.69) is 0 Å². The van der Waals surface area contributed by atoms with E-state index in [-0.39, 0.29) is 93.7 Å². The van der Waals surface area contributed by atoms with Crippen LogP contribution in [0, 0.1) is 31.1 Å². The molecule has 0 N–H and O–H groups in total. The number of hydrogen-bond acceptors (Lipinski definition) is 0. The standard InChI is InChI=1S/Fe.Sb.U.W. The molecule has 0 nitrogen and oxygen atoms in total. The van der Waals surface area contributed by atoms with Crippen molar-refractivity contribution in [3.63, 3.8) is 0 Å². The molecule has 0 atom stereocenters. The summed E-state index contributed by atoms with van der Waals surface area (Å²) in [6.45, 7) is 0. The molecular weight excluding hydrogens is 599 g/mol. The van der Waals surface area contributed by atoms with Crippen molar-refractivity contribution in [3.05, 3.63) is 0 Å². The zero-order chi connectivity index (χ0) is 0. The summed E-state index contributed by atoms with van der Waals surface area (Å²) in [4.78, 5) is 0. The second-order valence-corrected chi connectivity index (χ2v) is 0. The second-order valence-electron chi connectivity index (χ2n) is 0. The van der Waals surface area contributed by atoms with Gasteiger partial charge in [0, 0.05) is 93.7 Å². The summed E-state index contributed by atoms with van der Waals surface area (Å²) in [5.41, 5.74) is 0. The van der Waals surface area contributed by atoms with Crippen LogP contribution in [0.15, 0.2) is 0 Å². The molecule has 23 valence electrons. The van der Waals surface area contributed by atoms with Gasteiger partial charge in [-0.25, -0.2) is 0 Å². The average molecular weight is 599 g/mol. The molecule has 0 amide bonds. The Hall–Kier alpha value is 3.08. The van der Waals surface area contributed by atoms with Crippen molar-refractivity contribution in [2.45, 2.75) is 0 Å². The third kappa shape index (κ3) is 8.91. The quantitative estimate of drug-likeness (QED) is 0.334. The van der Waals surface area contributed by atoms with Gasteiger partial charge in [0.2, 0.25) is 0 Å². The molecule has 0 heterocycles. The molecule has 0 rings (SSSR count). The van der Waals surface area contributed by atoms with E-state index in [9.17, 15) is 0 Å². The van der Waals surface area contributed by atoms with Gasteiger partial charge in [0.1, 0.15) is 0 Å². The Labute approximate surface area is 91.8 Å². The largest absolute Gasteiger partial charge is 0 e. The first-order valence-corrected chi connectivity index (χ1v) is 0. The van der Waals surface area contributed by atoms with Crippen molar-refractivity contribution in [1.29, 1.82) is 0 Å². The Bertz CT molecular complexity index is 8.00. The molecule has 0 aromatic carbocycles. The third-order valence-corrected chi connectivity index (χ3v) is 0. The number of hydrogen-bond donors (Lipinski definition) is 0. The van der Waals surface area contributed by atoms with E-state index in [1.807, 2.05) is 0 Å². The smallest absolute Gasteiger partial charge is 0 e. The fraction of sp³-hybridized carbons (Fsp3) is 0. The van der Waals surface area contributed by atoms with Crippen LogP contribution in [0.3, 0.4) is 0 Å². The topological polar surface area (TPSA) is 0 Å². The second kappa shape index (κ2) is 16.5. The summed E-state index contributed by atoms with van der Waals surface area (Å²) >= 11 is 0. The van der Waals surface area contributed by atoms with Gasteiger partial charge in [-0.05, 0) is 0 Å². The molecule has 0 fully saturated rings. The molecule has 0 saturated heterocycles. The van der Waals surface area contributed by atoms with Crippen molar-refractivity contribution in [1.82, 2.24) is 0 Å². The Balaban J connectivity index is 0. The molecule has 0 unspecified atom stereocenters. The molecular formula is FeSbUW. The van der Waals surface area contributed by atoms with Crippen LogP contribution in [-0.4, -0.2) is 24.4 Å². The van der Waals surface area contributed by atoms with Crippen molar-refractivity contribution < 1.29 is 69.2 Å². The summed E-state index contributed by atoms with van der Waals surface area (Å²) in [5, 5.41) is 0. The van der Waals surface area contributed by atoms with Crippen LogP contribution >= 0.6 is 0 Å². The van der Waals surface area contributed by atoms with E-state index in [0.717, 1.165) is 0 Å². The summed E-state index contributed by atoms with van der Waals surface area (Å²) in [5.74, 6) is 0. The van der Waals surface area contributed by atoms with Gasteiger partial charge in [0.15, 0.2) is 0 Å². The molecule has 3 radical (unpaired) electrons. The Morgan fingerprint density at radius 1 is 1.00 bits per heavy atom. The summed E-state index contributed by atoms with van der Waals surface area (Å²) in [6.07, 6.45) is 0. The third-order valence-electron chi connectivity index (χ3n) is 0. The predicted molar refractivity (Wildman–Crippen MR) is 5.75 cm³/mol. The monoisotopic (exact) mass is 599 g/mol. The first-order chi connectivity index (χ1) is 0. The number of rotatable bonds is 0. The molecule has 0 aromatic rings. The van der Waals surface area contributed by atoms with Gasteiger partial charge >= 0.3 is 0 Å². The van der Waals surface area contributed by atoms with E-state index in [0.29, 0.717) is 0 Å². The zero-order valence-corrected chi connectivity index (χ0v) is 12.5. The molecule has 0 aliphatic rings. The summed E-state index contributed by atoms with van der Waals surface area (Å²) in [6, 6.07) is 0. The van der Waals surface area contributed by atoms with Crippen LogP contribution in [-0.2, 0) is 38.1 Å². The fourth-order valence-corrected chi connectivity index (χ4v) is 0. The van der Waals surface area contributed by atoms with Gasteiger partial charge in [-0.3, -0.25) is 0 Å². The molecule has 0 saturated carbocycles. The van der Waals surface area contributed by atoms with Crippen LogP contribution in [0.5, 0.6) is 0 Å². The van der Waals surface area contributed by atoms with Crippen molar-refractivity contribution in [3.8, 4) is 0 Å². The minimum Gasteiger partial charge on any atom is 0 e. The van der Waals surface area contributed by atoms with Gasteiger partial charge in [-0.2, -0.15) is 0 Å². The van der Waals surface area contributed by atoms with Crippen LogP contribution in [0.25, 0.3) is 0 Å². The van der Waals surface area contributed by atoms with Gasteiger partial charge in [0.25, 0.3) is 0 Å². The normalized spacial score (nSPS) is 0. The molecule has 0 aliphatic heterocycles. The fourth-order valence-electron chi connectivity index (χ4n) is 0. The van der Waals surface area contributed by atoms with Crippen LogP contribution < -0.4 is 0 Å². The first-order valence-electron chi connectivity index (χ1n) is 0. The SMILES string of the molecule is [Fe].[Sb].[U].[W]. The summed E-state index contributed by atoms with van der Waals surface area (Å²) in [7, 11) is 0. The maximum atomic E-state index is 0. The van der Waals surface area contributed by atoms with Crippen molar-refractivity contribution in [2.24, 2.45) is 0 Å². The maximum absolute atomic E-state index is 0. The first kappa shape index (κ1) is 27.6. The predicted octanol–water partition coefficient (Wildman–Crippen LogP) is -0.386. The van der Waals surface area contributed by atoms with E-state index < -0.39 is 0 Å². The minimum absolute atomic E-state index is 0. The van der Waals surface area contributed by atoms with E-state index in [1.165, 1.54) is 0 Å². The van der Waals surface area contributed by atoms with Gasteiger partial charge in [-0.1, -0.05) is 0 Å². The molecule has 0 aromatic heterocycles. The molecule has 4 heteroatoms. The zero-order valence-electron chi connectivity index (χ0n) is 1.71. The van der Waals surface area contributed by atoms with Crippen LogP contribution in [0.1, 0.15) is 0 Å². The summed E-state index contributed by atoms with van der Waals surface area (Å²) < 4.78 is 0. The minimum atomic E-state index is 0. The molecule has 0 bridgehead atoms. The average Bonchev–Trinajstić information content (AvgIpc) is 0. The van der Waals surface area contributed by atoms with E-state index >= 15 is 0 Å². The maximum Gasteiger partial charge on any atom is 0 e. The molecule has 4 heavy (non-hydrogen) atoms. The Kier molecular flexibility index (Phi) is 114. The van der Waals surface area contributed by atoms with Crippen LogP contribution in [0.4, 0.5) is 0 Å². The Morgan fingerprint density at radius 3 is 1.00 bits per heavy atom. The van der Waals surface area contributed by atoms with Gasteiger partial charge in [-0.15, -0.1) is 0 Å². The van der Waals surface area contributed by atoms with E-state index in [1.54, 1.807) is 0 Å². The van der Waals surface area contributed by atoms with Gasteiger partial charge < -0.3 is 0 Å². The molecule has 0 spiro atoms. The molecule has 0 aliphatic carbocycles. The van der Waals surface area contributed by atoms with Crippen molar-refractivity contribution in [2.75, 3.05) is 0 Å². The van der Waals surface area contributed by atoms with Gasteiger partial charge in [0.05, 0.1) is 0 Å². The Morgan fingerprint density at radius 2 is 1.00 bits per heavy atom. The van der Waals surface area contributed by atoms with E-state index in [4.69, 9.17) is 0 Å². The van der Waals surface area contributed by atoms with Crippen molar-refractivity contribution >= 4 is 24.4 Å². The van der Waals surface area contributed by atoms with Crippen LogP contribution in [0.2, 0.25) is 0 Å².